The number of likely N-dealkylation sites (tertiary alicyclic amines) is 1. The Morgan fingerprint density at radius 3 is 2.52 bits per heavy atom. The first-order valence-corrected chi connectivity index (χ1v) is 9.53. The van der Waals surface area contributed by atoms with Gasteiger partial charge < -0.3 is 20.1 Å². The number of urea groups is 1. The highest BCUT2D eigenvalue weighted by atomic mass is 16.6. The van der Waals surface area contributed by atoms with Crippen LogP contribution in [-0.2, 0) is 0 Å². The molecule has 2 aliphatic rings. The number of nitrogens with one attached hydrogen (secondary N) is 2. The molecule has 0 bridgehead atoms. The van der Waals surface area contributed by atoms with Crippen LogP contribution in [0.4, 0.5) is 10.5 Å². The van der Waals surface area contributed by atoms with Crippen molar-refractivity contribution in [3.63, 3.8) is 0 Å². The molecule has 6 heteroatoms. The fraction of sp³-hybridized carbons (Fsp3) is 0.381. The van der Waals surface area contributed by atoms with Crippen LogP contribution in [0.2, 0.25) is 0 Å². The molecule has 142 valence electrons. The number of nitrogens with zero attached hydrogens (tertiary/aromatic N) is 1. The van der Waals surface area contributed by atoms with Crippen LogP contribution in [-0.4, -0.2) is 43.8 Å². The van der Waals surface area contributed by atoms with Crippen molar-refractivity contribution < 1.29 is 14.3 Å². The third kappa shape index (κ3) is 4.34. The SMILES string of the molecule is O=C(NCC(c1ccccc1)N1CCCC1)Nc1ccc2c(c1)OCCO2. The molecule has 2 aromatic carbocycles. The highest BCUT2D eigenvalue weighted by molar-refractivity contribution is 5.89. The predicted molar refractivity (Wildman–Crippen MR) is 104 cm³/mol. The van der Waals surface area contributed by atoms with E-state index in [0.717, 1.165) is 13.1 Å². The van der Waals surface area contributed by atoms with Gasteiger partial charge in [-0.05, 0) is 43.6 Å². The van der Waals surface area contributed by atoms with E-state index in [4.69, 9.17) is 9.47 Å². The zero-order valence-corrected chi connectivity index (χ0v) is 15.3. The first-order valence-electron chi connectivity index (χ1n) is 9.53. The van der Waals surface area contributed by atoms with Gasteiger partial charge in [-0.3, -0.25) is 4.90 Å². The summed E-state index contributed by atoms with van der Waals surface area (Å²) in [5, 5.41) is 5.91. The van der Waals surface area contributed by atoms with Gasteiger partial charge in [0.05, 0.1) is 6.04 Å². The summed E-state index contributed by atoms with van der Waals surface area (Å²) >= 11 is 0. The van der Waals surface area contributed by atoms with Crippen molar-refractivity contribution in [2.45, 2.75) is 18.9 Å². The van der Waals surface area contributed by atoms with Crippen molar-refractivity contribution in [3.8, 4) is 11.5 Å². The predicted octanol–water partition coefficient (Wildman–Crippen LogP) is 3.42. The molecule has 1 atom stereocenters. The van der Waals surface area contributed by atoms with Crippen molar-refractivity contribution in [1.29, 1.82) is 0 Å². The Labute approximate surface area is 159 Å². The molecule has 2 N–H and O–H groups in total. The molecule has 1 fully saturated rings. The van der Waals surface area contributed by atoms with Crippen LogP contribution in [0.1, 0.15) is 24.4 Å². The van der Waals surface area contributed by atoms with Gasteiger partial charge in [-0.2, -0.15) is 0 Å². The topological polar surface area (TPSA) is 62.8 Å². The van der Waals surface area contributed by atoms with Gasteiger partial charge in [0, 0.05) is 18.3 Å². The van der Waals surface area contributed by atoms with Crippen molar-refractivity contribution in [1.82, 2.24) is 10.2 Å². The Morgan fingerprint density at radius 1 is 1.00 bits per heavy atom. The number of benzene rings is 2. The lowest BCUT2D eigenvalue weighted by atomic mass is 10.1. The van der Waals surface area contributed by atoms with Gasteiger partial charge in [-0.1, -0.05) is 30.3 Å². The quantitative estimate of drug-likeness (QED) is 0.850. The third-order valence-electron chi connectivity index (χ3n) is 5.02. The van der Waals surface area contributed by atoms with Gasteiger partial charge in [0.2, 0.25) is 0 Å². The number of hydrogen-bond donors (Lipinski definition) is 2. The van der Waals surface area contributed by atoms with Gasteiger partial charge in [0.15, 0.2) is 11.5 Å². The number of hydrogen-bond acceptors (Lipinski definition) is 4. The molecule has 2 amide bonds. The molecule has 2 heterocycles. The molecule has 6 nitrogen and oxygen atoms in total. The molecule has 0 saturated carbocycles. The first kappa shape index (κ1) is 17.7. The van der Waals surface area contributed by atoms with Crippen molar-refractivity contribution in [2.75, 3.05) is 38.2 Å². The van der Waals surface area contributed by atoms with Crippen molar-refractivity contribution in [3.05, 3.63) is 54.1 Å². The van der Waals surface area contributed by atoms with Crippen LogP contribution in [0.5, 0.6) is 11.5 Å². The summed E-state index contributed by atoms with van der Waals surface area (Å²) in [5.74, 6) is 1.38. The molecule has 0 aromatic heterocycles. The number of ether oxygens (including phenoxy) is 2. The van der Waals surface area contributed by atoms with Crippen molar-refractivity contribution >= 4 is 11.7 Å². The van der Waals surface area contributed by atoms with E-state index in [-0.39, 0.29) is 12.1 Å². The van der Waals surface area contributed by atoms with E-state index < -0.39 is 0 Å². The molecular formula is C21H25N3O3. The normalized spacial score (nSPS) is 17.3. The maximum Gasteiger partial charge on any atom is 0.319 e. The summed E-state index contributed by atoms with van der Waals surface area (Å²) in [5.41, 5.74) is 1.92. The maximum atomic E-state index is 12.4. The molecule has 0 aliphatic carbocycles. The zero-order valence-electron chi connectivity index (χ0n) is 15.3. The lowest BCUT2D eigenvalue weighted by Gasteiger charge is -2.28. The van der Waals surface area contributed by atoms with Crippen molar-refractivity contribution in [2.24, 2.45) is 0 Å². The van der Waals surface area contributed by atoms with Gasteiger partial charge in [0.25, 0.3) is 0 Å². The second-order valence-electron chi connectivity index (χ2n) is 6.86. The van der Waals surface area contributed by atoms with E-state index in [9.17, 15) is 4.79 Å². The number of carbonyl (C=O) groups excluding carboxylic acids is 1. The van der Waals surface area contributed by atoms with Crippen LogP contribution in [0.3, 0.4) is 0 Å². The van der Waals surface area contributed by atoms with Crippen LogP contribution in [0, 0.1) is 0 Å². The lowest BCUT2D eigenvalue weighted by molar-refractivity contribution is 0.171. The van der Waals surface area contributed by atoms with E-state index in [1.165, 1.54) is 18.4 Å². The first-order chi connectivity index (χ1) is 13.3. The fourth-order valence-electron chi connectivity index (χ4n) is 3.67. The molecular weight excluding hydrogens is 342 g/mol. The van der Waals surface area contributed by atoms with Crippen LogP contribution in [0.25, 0.3) is 0 Å². The monoisotopic (exact) mass is 367 g/mol. The summed E-state index contributed by atoms with van der Waals surface area (Å²) in [6.07, 6.45) is 2.43. The molecule has 1 unspecified atom stereocenters. The molecule has 0 spiro atoms. The molecule has 1 saturated heterocycles. The molecule has 2 aromatic rings. The lowest BCUT2D eigenvalue weighted by Crippen LogP contribution is -2.38. The summed E-state index contributed by atoms with van der Waals surface area (Å²) in [6.45, 7) is 3.80. The van der Waals surface area contributed by atoms with Crippen LogP contribution >= 0.6 is 0 Å². The third-order valence-corrected chi connectivity index (χ3v) is 5.02. The van der Waals surface area contributed by atoms with Gasteiger partial charge in [-0.25, -0.2) is 4.79 Å². The van der Waals surface area contributed by atoms with Gasteiger partial charge in [-0.15, -0.1) is 0 Å². The van der Waals surface area contributed by atoms with E-state index in [0.29, 0.717) is 36.9 Å². The van der Waals surface area contributed by atoms with Gasteiger partial charge in [0.1, 0.15) is 13.2 Å². The summed E-state index contributed by atoms with van der Waals surface area (Å²) in [7, 11) is 0. The minimum atomic E-state index is -0.216. The minimum Gasteiger partial charge on any atom is -0.486 e. The highest BCUT2D eigenvalue weighted by Gasteiger charge is 2.23. The smallest absolute Gasteiger partial charge is 0.319 e. The van der Waals surface area contributed by atoms with Crippen LogP contribution < -0.4 is 20.1 Å². The van der Waals surface area contributed by atoms with Gasteiger partial charge >= 0.3 is 6.03 Å². The van der Waals surface area contributed by atoms with E-state index in [2.05, 4.69) is 27.7 Å². The molecule has 27 heavy (non-hydrogen) atoms. The Balaban J connectivity index is 1.38. The highest BCUT2D eigenvalue weighted by Crippen LogP contribution is 2.32. The largest absolute Gasteiger partial charge is 0.486 e. The Kier molecular flexibility index (Phi) is 5.44. The Morgan fingerprint density at radius 2 is 1.74 bits per heavy atom. The summed E-state index contributed by atoms with van der Waals surface area (Å²) < 4.78 is 11.1. The number of rotatable bonds is 5. The summed E-state index contributed by atoms with van der Waals surface area (Å²) in [4.78, 5) is 14.9. The Bertz CT molecular complexity index is 775. The standard InChI is InChI=1S/C21H25N3O3/c25-21(23-17-8-9-19-20(14-17)27-13-12-26-19)22-15-18(24-10-4-5-11-24)16-6-2-1-3-7-16/h1-3,6-9,14,18H,4-5,10-13,15H2,(H2,22,23,25). The Hall–Kier alpha value is -2.73. The molecule has 2 aliphatic heterocycles. The van der Waals surface area contributed by atoms with E-state index in [1.807, 2.05) is 30.3 Å². The maximum absolute atomic E-state index is 12.4. The summed E-state index contributed by atoms with van der Waals surface area (Å²) in [6, 6.07) is 15.8. The van der Waals surface area contributed by atoms with Crippen LogP contribution in [0.15, 0.2) is 48.5 Å². The molecule has 0 radical (unpaired) electrons. The average molecular weight is 367 g/mol. The minimum absolute atomic E-state index is 0.194. The number of amides is 2. The fourth-order valence-corrected chi connectivity index (χ4v) is 3.67. The second-order valence-corrected chi connectivity index (χ2v) is 6.86. The number of carbonyl (C=O) groups is 1. The second kappa shape index (κ2) is 8.31. The molecule has 4 rings (SSSR count). The number of fused-ring (bicyclic) bond motifs is 1. The van der Waals surface area contributed by atoms with E-state index in [1.54, 1.807) is 6.07 Å². The number of anilines is 1. The zero-order chi connectivity index (χ0) is 18.5. The van der Waals surface area contributed by atoms with E-state index >= 15 is 0 Å². The average Bonchev–Trinajstić information content (AvgIpc) is 3.23.